The highest BCUT2D eigenvalue weighted by atomic mass is 16.5. The van der Waals surface area contributed by atoms with Crippen LogP contribution in [0.25, 0.3) is 16.7 Å². The van der Waals surface area contributed by atoms with E-state index in [4.69, 9.17) is 10.5 Å². The minimum atomic E-state index is -0.593. The average molecular weight is 323 g/mol. The number of nitriles is 1. The number of ether oxygens (including phenoxy) is 1. The van der Waals surface area contributed by atoms with Gasteiger partial charge in [0.2, 0.25) is 0 Å². The molecule has 0 radical (unpaired) electrons. The zero-order valence-electron chi connectivity index (χ0n) is 13.7. The number of methoxy groups -OCH3 is 1. The summed E-state index contributed by atoms with van der Waals surface area (Å²) in [4.78, 5) is 16.6. The predicted octanol–water partition coefficient (Wildman–Crippen LogP) is 2.40. The van der Waals surface area contributed by atoms with Crippen molar-refractivity contribution in [2.45, 2.75) is 20.4 Å². The van der Waals surface area contributed by atoms with Crippen LogP contribution in [0.3, 0.4) is 0 Å². The largest absolute Gasteiger partial charge is 0.464 e. The first-order valence-corrected chi connectivity index (χ1v) is 7.48. The average Bonchev–Trinajstić information content (AvgIpc) is 3.09. The molecule has 0 saturated heterocycles. The summed E-state index contributed by atoms with van der Waals surface area (Å²) in [6.07, 6.45) is 1.53. The van der Waals surface area contributed by atoms with E-state index >= 15 is 0 Å². The lowest BCUT2D eigenvalue weighted by Crippen LogP contribution is -2.11. The summed E-state index contributed by atoms with van der Waals surface area (Å²) < 4.78 is 8.47. The number of hydrogen-bond acceptors (Lipinski definition) is 5. The molecule has 7 nitrogen and oxygen atoms in total. The summed E-state index contributed by atoms with van der Waals surface area (Å²) in [7, 11) is 1.28. The number of fused-ring (bicyclic) bond motifs is 1. The molecule has 0 amide bonds. The molecule has 0 bridgehead atoms. The Bertz CT molecular complexity index is 991. The first-order chi connectivity index (χ1) is 11.5. The Hall–Kier alpha value is -3.27. The van der Waals surface area contributed by atoms with Gasteiger partial charge in [0.05, 0.1) is 29.4 Å². The van der Waals surface area contributed by atoms with Crippen LogP contribution in [0.1, 0.15) is 28.8 Å². The Morgan fingerprint density at radius 3 is 2.83 bits per heavy atom. The van der Waals surface area contributed by atoms with Crippen LogP contribution in [0.15, 0.2) is 24.4 Å². The number of esters is 1. The Kier molecular flexibility index (Phi) is 3.73. The summed E-state index contributed by atoms with van der Waals surface area (Å²) in [6.45, 7) is 4.83. The number of benzene rings is 1. The number of imidazole rings is 1. The number of aromatic nitrogens is 3. The van der Waals surface area contributed by atoms with Gasteiger partial charge in [0.1, 0.15) is 11.9 Å². The molecule has 24 heavy (non-hydrogen) atoms. The van der Waals surface area contributed by atoms with E-state index in [9.17, 15) is 10.1 Å². The number of nitrogen functional groups attached to an aromatic ring is 1. The molecule has 7 heteroatoms. The zero-order valence-corrected chi connectivity index (χ0v) is 13.7. The summed E-state index contributed by atoms with van der Waals surface area (Å²) in [5.41, 5.74) is 8.92. The number of nitrogens with two attached hydrogens (primary N) is 1. The maximum atomic E-state index is 12.1. The first-order valence-electron chi connectivity index (χ1n) is 7.48. The van der Waals surface area contributed by atoms with Crippen molar-refractivity contribution in [2.75, 3.05) is 12.8 Å². The van der Waals surface area contributed by atoms with E-state index in [1.54, 1.807) is 4.57 Å². The van der Waals surface area contributed by atoms with Gasteiger partial charge >= 0.3 is 5.97 Å². The van der Waals surface area contributed by atoms with Crippen LogP contribution in [0, 0.1) is 18.3 Å². The molecule has 2 aromatic heterocycles. The van der Waals surface area contributed by atoms with Gasteiger partial charge in [-0.3, -0.25) is 0 Å². The summed E-state index contributed by atoms with van der Waals surface area (Å²) in [5, 5.41) is 9.19. The van der Waals surface area contributed by atoms with Gasteiger partial charge in [0, 0.05) is 18.4 Å². The Morgan fingerprint density at radius 1 is 1.46 bits per heavy atom. The molecule has 0 fully saturated rings. The number of aryl methyl sites for hydroxylation is 2. The number of anilines is 1. The molecule has 0 atom stereocenters. The number of carbonyl (C=O) groups is 1. The van der Waals surface area contributed by atoms with Gasteiger partial charge < -0.3 is 19.6 Å². The van der Waals surface area contributed by atoms with Crippen molar-refractivity contribution in [3.63, 3.8) is 0 Å². The molecule has 2 heterocycles. The molecule has 0 aliphatic heterocycles. The van der Waals surface area contributed by atoms with E-state index in [0.717, 1.165) is 23.4 Å². The molecule has 122 valence electrons. The van der Waals surface area contributed by atoms with Gasteiger partial charge in [-0.15, -0.1) is 0 Å². The molecule has 0 aliphatic rings. The van der Waals surface area contributed by atoms with Crippen LogP contribution in [-0.4, -0.2) is 27.2 Å². The highest BCUT2D eigenvalue weighted by molar-refractivity contribution is 5.96. The van der Waals surface area contributed by atoms with Crippen LogP contribution in [-0.2, 0) is 11.3 Å². The Labute approximate surface area is 138 Å². The fourth-order valence-electron chi connectivity index (χ4n) is 2.91. The highest BCUT2D eigenvalue weighted by Gasteiger charge is 2.22. The highest BCUT2D eigenvalue weighted by Crippen LogP contribution is 2.27. The standard InChI is InChI=1S/C17H17N5O2/c1-4-21-10(2)20-13-7-12(5-6-14(13)21)22-9-11(8-18)15(19)16(22)17(23)24-3/h5-7,9H,4,19H2,1-3H3. The predicted molar refractivity (Wildman–Crippen MR) is 89.9 cm³/mol. The summed E-state index contributed by atoms with van der Waals surface area (Å²) in [5.74, 6) is 0.326. The molecule has 0 aliphatic carbocycles. The Morgan fingerprint density at radius 2 is 2.21 bits per heavy atom. The van der Waals surface area contributed by atoms with E-state index < -0.39 is 5.97 Å². The third-order valence-corrected chi connectivity index (χ3v) is 4.06. The van der Waals surface area contributed by atoms with Crippen molar-refractivity contribution in [3.05, 3.63) is 41.5 Å². The molecule has 2 N–H and O–H groups in total. The number of rotatable bonds is 3. The van der Waals surface area contributed by atoms with Crippen LogP contribution in [0.5, 0.6) is 0 Å². The third-order valence-electron chi connectivity index (χ3n) is 4.06. The smallest absolute Gasteiger partial charge is 0.357 e. The van der Waals surface area contributed by atoms with E-state index in [2.05, 4.69) is 16.5 Å². The maximum Gasteiger partial charge on any atom is 0.357 e. The number of nitrogens with zero attached hydrogens (tertiary/aromatic N) is 4. The first kappa shape index (κ1) is 15.6. The van der Waals surface area contributed by atoms with E-state index in [0.29, 0.717) is 5.69 Å². The summed E-state index contributed by atoms with van der Waals surface area (Å²) >= 11 is 0. The lowest BCUT2D eigenvalue weighted by atomic mass is 10.2. The normalized spacial score (nSPS) is 10.8. The maximum absolute atomic E-state index is 12.1. The van der Waals surface area contributed by atoms with Crippen LogP contribution >= 0.6 is 0 Å². The summed E-state index contributed by atoms with van der Waals surface area (Å²) in [6, 6.07) is 7.66. The van der Waals surface area contributed by atoms with Gasteiger partial charge in [-0.2, -0.15) is 5.26 Å². The SMILES string of the molecule is CCn1c(C)nc2cc(-n3cc(C#N)c(N)c3C(=O)OC)ccc21. The Balaban J connectivity index is 2.24. The zero-order chi connectivity index (χ0) is 17.4. The molecular formula is C17H17N5O2. The topological polar surface area (TPSA) is 98.9 Å². The lowest BCUT2D eigenvalue weighted by Gasteiger charge is -2.09. The van der Waals surface area contributed by atoms with Crippen molar-refractivity contribution < 1.29 is 9.53 Å². The van der Waals surface area contributed by atoms with E-state index in [1.165, 1.54) is 13.3 Å². The van der Waals surface area contributed by atoms with Crippen molar-refractivity contribution >= 4 is 22.7 Å². The van der Waals surface area contributed by atoms with Crippen molar-refractivity contribution in [3.8, 4) is 11.8 Å². The van der Waals surface area contributed by atoms with Gasteiger partial charge in [-0.25, -0.2) is 9.78 Å². The minimum Gasteiger partial charge on any atom is -0.464 e. The van der Waals surface area contributed by atoms with Crippen LogP contribution in [0.2, 0.25) is 0 Å². The minimum absolute atomic E-state index is 0.111. The van der Waals surface area contributed by atoms with Crippen molar-refractivity contribution in [1.82, 2.24) is 14.1 Å². The molecule has 1 aromatic carbocycles. The van der Waals surface area contributed by atoms with Gasteiger partial charge in [0.15, 0.2) is 5.69 Å². The van der Waals surface area contributed by atoms with Crippen molar-refractivity contribution in [2.24, 2.45) is 0 Å². The fraction of sp³-hybridized carbons (Fsp3) is 0.235. The second-order valence-corrected chi connectivity index (χ2v) is 5.35. The van der Waals surface area contributed by atoms with Crippen LogP contribution in [0.4, 0.5) is 5.69 Å². The quantitative estimate of drug-likeness (QED) is 0.746. The van der Waals surface area contributed by atoms with E-state index in [-0.39, 0.29) is 16.9 Å². The van der Waals surface area contributed by atoms with Gasteiger partial charge in [-0.1, -0.05) is 0 Å². The molecule has 3 aromatic rings. The second-order valence-electron chi connectivity index (χ2n) is 5.35. The van der Waals surface area contributed by atoms with Crippen molar-refractivity contribution in [1.29, 1.82) is 5.26 Å². The van der Waals surface area contributed by atoms with Gasteiger partial charge in [0.25, 0.3) is 0 Å². The molecule has 0 spiro atoms. The molecule has 0 unspecified atom stereocenters. The second kappa shape index (κ2) is 5.74. The molecule has 0 saturated carbocycles. The number of carbonyl (C=O) groups excluding carboxylic acids is 1. The third kappa shape index (κ3) is 2.20. The van der Waals surface area contributed by atoms with Gasteiger partial charge in [-0.05, 0) is 32.0 Å². The molecular weight excluding hydrogens is 306 g/mol. The monoisotopic (exact) mass is 323 g/mol. The number of hydrogen-bond donors (Lipinski definition) is 1. The van der Waals surface area contributed by atoms with E-state index in [1.807, 2.05) is 31.2 Å². The molecule has 3 rings (SSSR count). The fourth-order valence-corrected chi connectivity index (χ4v) is 2.91. The van der Waals surface area contributed by atoms with Crippen LogP contribution < -0.4 is 5.73 Å². The lowest BCUT2D eigenvalue weighted by molar-refractivity contribution is 0.0593.